The summed E-state index contributed by atoms with van der Waals surface area (Å²) in [5, 5.41) is 0. The predicted octanol–water partition coefficient (Wildman–Crippen LogP) is 14.5. The fourth-order valence-corrected chi connectivity index (χ4v) is 10.1. The highest BCUT2D eigenvalue weighted by atomic mass is 15.0. The van der Waals surface area contributed by atoms with Gasteiger partial charge in [-0.05, 0) is 121 Å². The predicted molar refractivity (Wildman–Crippen MR) is 250 cm³/mol. The molecule has 0 unspecified atom stereocenters. The average Bonchev–Trinajstić information content (AvgIpc) is 4.03. The van der Waals surface area contributed by atoms with Crippen LogP contribution in [0.25, 0.3) is 78.7 Å². The van der Waals surface area contributed by atoms with Gasteiger partial charge in [-0.2, -0.15) is 0 Å². The molecule has 0 amide bonds. The van der Waals surface area contributed by atoms with Gasteiger partial charge in [0.2, 0.25) is 0 Å². The smallest absolute Gasteiger partial charge is 0.0772 e. The second-order valence-corrected chi connectivity index (χ2v) is 15.3. The monoisotopic (exact) mass is 762 g/mol. The molecule has 0 saturated carbocycles. The van der Waals surface area contributed by atoms with Gasteiger partial charge >= 0.3 is 0 Å². The molecule has 4 heteroatoms. The third-order valence-electron chi connectivity index (χ3n) is 12.5. The lowest BCUT2D eigenvalue weighted by molar-refractivity contribution is 0.821. The van der Waals surface area contributed by atoms with Crippen LogP contribution >= 0.6 is 0 Å². The van der Waals surface area contributed by atoms with E-state index in [1.807, 2.05) is 0 Å². The van der Waals surface area contributed by atoms with Gasteiger partial charge in [0.05, 0.1) is 39.3 Å². The molecule has 0 radical (unpaired) electrons. The van der Waals surface area contributed by atoms with Crippen LogP contribution in [0.15, 0.2) is 97.1 Å². The maximum Gasteiger partial charge on any atom is 0.0772 e. The second kappa shape index (κ2) is 16.6. The first-order chi connectivity index (χ1) is 28.5. The standard InChI is InChI=1S/C54H58N4/c1-9-39-42(12-4)53-48(36-28-22-18-23-29-36)50-40(10-2)41(11-3)51(56-50)49(37-30-24-19-25-31-37)54-44(14-6)43(13-5)52(58(54)16-8)47(35-26-20-17-21-27-35)45-33-32-38(55-45)34-46(39)57(53)15-7/h17-34H,9-16H2,1-8H3. The van der Waals surface area contributed by atoms with Crippen LogP contribution in [0, 0.1) is 0 Å². The zero-order chi connectivity index (χ0) is 40.5. The van der Waals surface area contributed by atoms with Gasteiger partial charge in [0.25, 0.3) is 0 Å². The Labute approximate surface area is 345 Å². The molecule has 2 aliphatic heterocycles. The molecule has 5 heterocycles. The molecule has 3 aromatic heterocycles. The molecule has 0 N–H and O–H groups in total. The average molecular weight is 763 g/mol. The van der Waals surface area contributed by atoms with E-state index in [2.05, 4.69) is 174 Å². The van der Waals surface area contributed by atoms with E-state index in [9.17, 15) is 0 Å². The maximum absolute atomic E-state index is 6.04. The van der Waals surface area contributed by atoms with Gasteiger partial charge < -0.3 is 9.13 Å². The Morgan fingerprint density at radius 3 is 1.26 bits per heavy atom. The van der Waals surface area contributed by atoms with Crippen LogP contribution in [0.5, 0.6) is 0 Å². The van der Waals surface area contributed by atoms with Gasteiger partial charge in [-0.15, -0.1) is 0 Å². The Morgan fingerprint density at radius 2 is 0.828 bits per heavy atom. The Balaban J connectivity index is 1.80. The molecule has 6 aromatic rings. The molecule has 0 atom stereocenters. The summed E-state index contributed by atoms with van der Waals surface area (Å²) in [4.78, 5) is 11.6. The number of fused-ring (bicyclic) bond motifs is 8. The van der Waals surface area contributed by atoms with Crippen LogP contribution < -0.4 is 0 Å². The van der Waals surface area contributed by atoms with Crippen molar-refractivity contribution in [2.24, 2.45) is 0 Å². The maximum atomic E-state index is 6.04. The van der Waals surface area contributed by atoms with Crippen LogP contribution in [0.4, 0.5) is 0 Å². The summed E-state index contributed by atoms with van der Waals surface area (Å²) in [6.07, 6.45) is 9.96. The topological polar surface area (TPSA) is 35.6 Å². The molecule has 0 fully saturated rings. The SMILES string of the molecule is CCC1=C(CC)c2nc1c(-c1ccccc1)c1c(CC)c(CC)c(cc3nc(c(-c4ccccc4)c4c(CC)c(CC)c(c2-c2ccccc2)n4CC)C=C3)n1CC. The molecule has 0 aliphatic carbocycles. The molecular weight excluding hydrogens is 705 g/mol. The van der Waals surface area contributed by atoms with Crippen LogP contribution in [0.3, 0.4) is 0 Å². The summed E-state index contributed by atoms with van der Waals surface area (Å²) < 4.78 is 5.19. The van der Waals surface area contributed by atoms with Gasteiger partial charge in [-0.1, -0.05) is 133 Å². The van der Waals surface area contributed by atoms with Crippen molar-refractivity contribution in [3.63, 3.8) is 0 Å². The minimum absolute atomic E-state index is 0.812. The lowest BCUT2D eigenvalue weighted by Crippen LogP contribution is -2.00. The lowest BCUT2D eigenvalue weighted by atomic mass is 9.91. The van der Waals surface area contributed by atoms with Crippen molar-refractivity contribution < 1.29 is 0 Å². The number of aryl methyl sites for hydroxylation is 6. The van der Waals surface area contributed by atoms with Crippen molar-refractivity contribution in [3.8, 4) is 33.4 Å². The zero-order valence-corrected chi connectivity index (χ0v) is 35.8. The third-order valence-corrected chi connectivity index (χ3v) is 12.5. The van der Waals surface area contributed by atoms with Crippen molar-refractivity contribution in [2.75, 3.05) is 0 Å². The van der Waals surface area contributed by atoms with Crippen LogP contribution in [-0.2, 0) is 38.8 Å². The first-order valence-electron chi connectivity index (χ1n) is 21.9. The largest absolute Gasteiger partial charge is 0.341 e. The van der Waals surface area contributed by atoms with Crippen molar-refractivity contribution in [1.29, 1.82) is 0 Å². The van der Waals surface area contributed by atoms with E-state index in [4.69, 9.17) is 9.97 Å². The number of hydrogen-bond donors (Lipinski definition) is 0. The lowest BCUT2D eigenvalue weighted by Gasteiger charge is -2.14. The van der Waals surface area contributed by atoms with Gasteiger partial charge in [0.1, 0.15) is 0 Å². The van der Waals surface area contributed by atoms with E-state index < -0.39 is 0 Å². The Morgan fingerprint density at radius 1 is 0.414 bits per heavy atom. The molecule has 2 aliphatic rings. The van der Waals surface area contributed by atoms with E-state index >= 15 is 0 Å². The second-order valence-electron chi connectivity index (χ2n) is 15.3. The van der Waals surface area contributed by atoms with E-state index in [0.717, 1.165) is 74.4 Å². The van der Waals surface area contributed by atoms with Crippen LogP contribution in [0.1, 0.15) is 113 Å². The zero-order valence-electron chi connectivity index (χ0n) is 35.8. The minimum atomic E-state index is 0.812. The molecule has 294 valence electrons. The summed E-state index contributed by atoms with van der Waals surface area (Å²) in [5.41, 5.74) is 24.9. The van der Waals surface area contributed by atoms with Crippen molar-refractivity contribution in [1.82, 2.24) is 19.1 Å². The number of rotatable bonds is 11. The molecule has 4 nitrogen and oxygen atoms in total. The third kappa shape index (κ3) is 6.29. The van der Waals surface area contributed by atoms with Crippen LogP contribution in [0.2, 0.25) is 0 Å². The van der Waals surface area contributed by atoms with Gasteiger partial charge in [-0.3, -0.25) is 0 Å². The molecule has 0 spiro atoms. The molecule has 0 saturated heterocycles. The highest BCUT2D eigenvalue weighted by Gasteiger charge is 2.30. The molecule has 8 bridgehead atoms. The minimum Gasteiger partial charge on any atom is -0.341 e. The first kappa shape index (κ1) is 39.1. The summed E-state index contributed by atoms with van der Waals surface area (Å²) in [7, 11) is 0. The Hall–Kier alpha value is -5.74. The number of nitrogens with zero attached hydrogens (tertiary/aromatic N) is 4. The normalized spacial score (nSPS) is 12.6. The molecule has 58 heavy (non-hydrogen) atoms. The summed E-state index contributed by atoms with van der Waals surface area (Å²) in [5.74, 6) is 0. The van der Waals surface area contributed by atoms with Crippen molar-refractivity contribution >= 4 is 45.4 Å². The summed E-state index contributed by atoms with van der Waals surface area (Å²) in [6.45, 7) is 20.2. The van der Waals surface area contributed by atoms with E-state index in [1.54, 1.807) is 0 Å². The van der Waals surface area contributed by atoms with Crippen molar-refractivity contribution in [2.45, 2.75) is 107 Å². The fraction of sp³-hybridized carbons (Fsp3) is 0.296. The summed E-state index contributed by atoms with van der Waals surface area (Å²) in [6, 6.07) is 35.5. The Bertz CT molecular complexity index is 2720. The van der Waals surface area contributed by atoms with Crippen LogP contribution in [-0.4, -0.2) is 19.1 Å². The summed E-state index contributed by atoms with van der Waals surface area (Å²) >= 11 is 0. The fourth-order valence-electron chi connectivity index (χ4n) is 10.1. The quantitative estimate of drug-likeness (QED) is 0.132. The molecule has 3 aromatic carbocycles. The number of aromatic nitrogens is 4. The highest BCUT2D eigenvalue weighted by Crippen LogP contribution is 2.48. The highest BCUT2D eigenvalue weighted by molar-refractivity contribution is 6.06. The van der Waals surface area contributed by atoms with Gasteiger partial charge in [0, 0.05) is 35.3 Å². The molecular formula is C54H58N4. The Kier molecular flexibility index (Phi) is 11.2. The van der Waals surface area contributed by atoms with E-state index in [0.29, 0.717) is 0 Å². The number of benzene rings is 3. The van der Waals surface area contributed by atoms with E-state index in [1.165, 1.54) is 88.8 Å². The molecule has 8 rings (SSSR count). The van der Waals surface area contributed by atoms with Gasteiger partial charge in [0.15, 0.2) is 0 Å². The van der Waals surface area contributed by atoms with E-state index in [-0.39, 0.29) is 0 Å². The van der Waals surface area contributed by atoms with Crippen molar-refractivity contribution in [3.05, 3.63) is 142 Å². The first-order valence-corrected chi connectivity index (χ1v) is 21.9. The van der Waals surface area contributed by atoms with Gasteiger partial charge in [-0.25, -0.2) is 9.97 Å². The number of hydrogen-bond acceptors (Lipinski definition) is 2. The number of allylic oxidation sites excluding steroid dienone is 2.